The molecular weight excluding hydrogens is 451 g/mol. The summed E-state index contributed by atoms with van der Waals surface area (Å²) in [6.07, 6.45) is 12.5. The number of alkyl halides is 3. The van der Waals surface area contributed by atoms with Crippen LogP contribution in [0.25, 0.3) is 0 Å². The van der Waals surface area contributed by atoms with Crippen molar-refractivity contribution in [1.29, 1.82) is 0 Å². The number of hydrazine groups is 1. The molecule has 0 heterocycles. The van der Waals surface area contributed by atoms with Gasteiger partial charge in [0.25, 0.3) is 0 Å². The Morgan fingerprint density at radius 1 is 0.543 bits per heavy atom. The highest BCUT2D eigenvalue weighted by atomic mass is 19.4. The van der Waals surface area contributed by atoms with Crippen LogP contribution in [0.2, 0.25) is 0 Å². The van der Waals surface area contributed by atoms with Crippen molar-refractivity contribution in [2.75, 3.05) is 13.1 Å². The molecule has 0 aliphatic carbocycles. The predicted molar refractivity (Wildman–Crippen MR) is 144 cm³/mol. The third-order valence-electron chi connectivity index (χ3n) is 6.24. The second-order valence-corrected chi connectivity index (χ2v) is 12.4. The van der Waals surface area contributed by atoms with Gasteiger partial charge in [-0.25, -0.2) is 0 Å². The van der Waals surface area contributed by atoms with Crippen molar-refractivity contribution in [2.24, 2.45) is 22.5 Å². The van der Waals surface area contributed by atoms with Crippen LogP contribution in [0.1, 0.15) is 144 Å². The Balaban J connectivity index is 0. The van der Waals surface area contributed by atoms with E-state index >= 15 is 0 Å². The van der Waals surface area contributed by atoms with Crippen LogP contribution in [0.5, 0.6) is 0 Å². The maximum absolute atomic E-state index is 13.0. The third kappa shape index (κ3) is 26.1. The first-order chi connectivity index (χ1) is 16.2. The van der Waals surface area contributed by atoms with E-state index in [1.54, 1.807) is 0 Å². The zero-order chi connectivity index (χ0) is 27.4. The van der Waals surface area contributed by atoms with Gasteiger partial charge in [0.2, 0.25) is 0 Å². The van der Waals surface area contributed by atoms with Gasteiger partial charge in [-0.3, -0.25) is 16.5 Å². The fourth-order valence-corrected chi connectivity index (χ4v) is 4.18. The molecule has 4 nitrogen and oxygen atoms in total. The van der Waals surface area contributed by atoms with E-state index in [1.165, 1.54) is 51.4 Å². The van der Waals surface area contributed by atoms with Crippen molar-refractivity contribution in [3.05, 3.63) is 0 Å². The van der Waals surface area contributed by atoms with Gasteiger partial charge in [0.1, 0.15) is 0 Å². The molecule has 0 saturated heterocycles. The lowest BCUT2D eigenvalue weighted by molar-refractivity contribution is -0.185. The average Bonchev–Trinajstić information content (AvgIpc) is 2.74. The van der Waals surface area contributed by atoms with Crippen molar-refractivity contribution >= 4 is 5.91 Å². The van der Waals surface area contributed by atoms with Crippen LogP contribution in [0.4, 0.5) is 13.2 Å². The van der Waals surface area contributed by atoms with Crippen molar-refractivity contribution in [3.8, 4) is 0 Å². The standard InChI is InChI=1S/C28H54F3NO.H4N2/c1-26(2,3)21-17-13-9-7-11-15-19-23-32(25(33)28(29,30)31)24-20-16-12-8-10-14-18-22-27(4,5)6;1-2/h7-24H2,1-6H3;1-2H2. The van der Waals surface area contributed by atoms with Crippen LogP contribution in [0.15, 0.2) is 0 Å². The molecule has 0 saturated carbocycles. The highest BCUT2D eigenvalue weighted by Crippen LogP contribution is 2.24. The summed E-state index contributed by atoms with van der Waals surface area (Å²) in [5.41, 5.74) is 0.779. The second kappa shape index (κ2) is 20.3. The minimum absolute atomic E-state index is 0.231. The summed E-state index contributed by atoms with van der Waals surface area (Å²) in [6.45, 7) is 14.0. The topological polar surface area (TPSA) is 72.3 Å². The largest absolute Gasteiger partial charge is 0.471 e. The van der Waals surface area contributed by atoms with Gasteiger partial charge in [-0.05, 0) is 36.5 Å². The molecule has 0 aromatic carbocycles. The van der Waals surface area contributed by atoms with Crippen LogP contribution < -0.4 is 11.7 Å². The monoisotopic (exact) mass is 509 g/mol. The van der Waals surface area contributed by atoms with Gasteiger partial charge in [-0.15, -0.1) is 0 Å². The maximum Gasteiger partial charge on any atom is 0.471 e. The van der Waals surface area contributed by atoms with Crippen molar-refractivity contribution in [2.45, 2.75) is 150 Å². The number of rotatable bonds is 18. The van der Waals surface area contributed by atoms with Crippen LogP contribution in [-0.2, 0) is 4.79 Å². The molecule has 0 unspecified atom stereocenters. The molecule has 0 aromatic rings. The number of nitrogens with two attached hydrogens (primary N) is 2. The first kappa shape index (κ1) is 36.3. The smallest absolute Gasteiger partial charge is 0.335 e. The molecule has 0 radical (unpaired) electrons. The Kier molecular flexibility index (Phi) is 21.0. The molecule has 212 valence electrons. The maximum atomic E-state index is 13.0. The molecule has 35 heavy (non-hydrogen) atoms. The lowest BCUT2D eigenvalue weighted by atomic mass is 9.89. The molecule has 0 spiro atoms. The number of nitrogens with zero attached hydrogens (tertiary/aromatic N) is 1. The summed E-state index contributed by atoms with van der Waals surface area (Å²) in [4.78, 5) is 12.9. The summed E-state index contributed by atoms with van der Waals surface area (Å²) in [5, 5.41) is 0. The van der Waals surface area contributed by atoms with Gasteiger partial charge in [-0.2, -0.15) is 13.2 Å². The zero-order valence-corrected chi connectivity index (χ0v) is 23.9. The summed E-state index contributed by atoms with van der Waals surface area (Å²) < 4.78 is 38.9. The molecule has 0 aliphatic rings. The number of hydrogen-bond donors (Lipinski definition) is 2. The Morgan fingerprint density at radius 2 is 0.800 bits per heavy atom. The molecule has 0 atom stereocenters. The summed E-state index contributed by atoms with van der Waals surface area (Å²) in [5.74, 6) is 6.34. The predicted octanol–water partition coefficient (Wildman–Crippen LogP) is 8.53. The van der Waals surface area contributed by atoms with Gasteiger partial charge in [0.05, 0.1) is 0 Å². The minimum atomic E-state index is -4.76. The lowest BCUT2D eigenvalue weighted by Gasteiger charge is -2.24. The summed E-state index contributed by atoms with van der Waals surface area (Å²) in [6, 6.07) is 0. The van der Waals surface area contributed by atoms with E-state index in [-0.39, 0.29) is 13.1 Å². The van der Waals surface area contributed by atoms with Crippen LogP contribution in [-0.4, -0.2) is 30.1 Å². The third-order valence-corrected chi connectivity index (χ3v) is 6.24. The van der Waals surface area contributed by atoms with E-state index in [4.69, 9.17) is 0 Å². The quantitative estimate of drug-likeness (QED) is 0.110. The normalized spacial score (nSPS) is 12.3. The van der Waals surface area contributed by atoms with E-state index in [0.717, 1.165) is 43.4 Å². The Bertz CT molecular complexity index is 465. The Hall–Kier alpha value is -0.820. The molecule has 1 amide bonds. The number of halogens is 3. The lowest BCUT2D eigenvalue weighted by Crippen LogP contribution is -2.42. The second-order valence-electron chi connectivity index (χ2n) is 12.4. The van der Waals surface area contributed by atoms with Gasteiger partial charge in [0, 0.05) is 13.1 Å². The van der Waals surface area contributed by atoms with E-state index in [1.807, 2.05) is 0 Å². The van der Waals surface area contributed by atoms with E-state index < -0.39 is 12.1 Å². The first-order valence-corrected chi connectivity index (χ1v) is 13.9. The van der Waals surface area contributed by atoms with Gasteiger partial charge >= 0.3 is 12.1 Å². The summed E-state index contributed by atoms with van der Waals surface area (Å²) in [7, 11) is 0. The minimum Gasteiger partial charge on any atom is -0.335 e. The fraction of sp³-hybridized carbons (Fsp3) is 0.964. The molecule has 0 aromatic heterocycles. The molecule has 0 rings (SSSR count). The van der Waals surface area contributed by atoms with E-state index in [0.29, 0.717) is 23.7 Å². The zero-order valence-electron chi connectivity index (χ0n) is 23.9. The highest BCUT2D eigenvalue weighted by molar-refractivity contribution is 5.81. The number of unbranched alkanes of at least 4 members (excludes halogenated alkanes) is 12. The van der Waals surface area contributed by atoms with Crippen LogP contribution in [0, 0.1) is 10.8 Å². The van der Waals surface area contributed by atoms with Crippen molar-refractivity contribution < 1.29 is 18.0 Å². The Labute approximate surface area is 215 Å². The SMILES string of the molecule is CC(C)(C)CCCCCCCCCN(CCCCCCCCCC(C)(C)C)C(=O)C(F)(F)F.NN. The van der Waals surface area contributed by atoms with Crippen molar-refractivity contribution in [1.82, 2.24) is 4.90 Å². The molecule has 0 fully saturated rings. The van der Waals surface area contributed by atoms with Gasteiger partial charge in [0.15, 0.2) is 0 Å². The molecule has 0 aliphatic heterocycles. The summed E-state index contributed by atoms with van der Waals surface area (Å²) >= 11 is 0. The number of carbonyl (C=O) groups excluding carboxylic acids is 1. The van der Waals surface area contributed by atoms with Gasteiger partial charge in [-0.1, -0.05) is 119 Å². The molecular formula is C28H58F3N3O. The molecule has 0 bridgehead atoms. The molecule has 4 N–H and O–H groups in total. The molecule has 7 heteroatoms. The van der Waals surface area contributed by atoms with Crippen molar-refractivity contribution in [3.63, 3.8) is 0 Å². The first-order valence-electron chi connectivity index (χ1n) is 13.9. The van der Waals surface area contributed by atoms with Gasteiger partial charge < -0.3 is 4.90 Å². The average molecular weight is 510 g/mol. The Morgan fingerprint density at radius 3 is 1.06 bits per heavy atom. The number of amides is 1. The van der Waals surface area contributed by atoms with Crippen LogP contribution in [0.3, 0.4) is 0 Å². The number of hydrogen-bond acceptors (Lipinski definition) is 3. The number of carbonyl (C=O) groups is 1. The van der Waals surface area contributed by atoms with E-state index in [2.05, 4.69) is 53.2 Å². The van der Waals surface area contributed by atoms with Crippen LogP contribution >= 0.6 is 0 Å². The van der Waals surface area contributed by atoms with E-state index in [9.17, 15) is 18.0 Å². The highest BCUT2D eigenvalue weighted by Gasteiger charge is 2.41. The fourth-order valence-electron chi connectivity index (χ4n) is 4.18.